The normalized spacial score (nSPS) is 19.6. The van der Waals surface area contributed by atoms with Gasteiger partial charge in [0.15, 0.2) is 0 Å². The molecule has 0 aliphatic heterocycles. The third kappa shape index (κ3) is 3.06. The van der Waals surface area contributed by atoms with Gasteiger partial charge >= 0.3 is 0 Å². The standard InChI is InChI=1S/C12H20N2O/c1-14-9-11(8-13-14)7-12(15)6-10-4-2-3-5-10/h8-10,12,15H,2-7H2,1H3. The number of aliphatic hydroxyl groups is 1. The average Bonchev–Trinajstić information content (AvgIpc) is 2.77. The largest absolute Gasteiger partial charge is 0.393 e. The second-order valence-corrected chi connectivity index (χ2v) is 4.77. The van der Waals surface area contributed by atoms with Gasteiger partial charge in [-0.1, -0.05) is 25.7 Å². The van der Waals surface area contributed by atoms with Crippen molar-refractivity contribution < 1.29 is 5.11 Å². The molecular weight excluding hydrogens is 188 g/mol. The number of rotatable bonds is 4. The van der Waals surface area contributed by atoms with Crippen LogP contribution < -0.4 is 0 Å². The molecule has 1 saturated carbocycles. The van der Waals surface area contributed by atoms with E-state index in [0.29, 0.717) is 0 Å². The van der Waals surface area contributed by atoms with Crippen LogP contribution in [-0.4, -0.2) is 21.0 Å². The summed E-state index contributed by atoms with van der Waals surface area (Å²) in [6, 6.07) is 0. The quantitative estimate of drug-likeness (QED) is 0.820. The number of aromatic nitrogens is 2. The highest BCUT2D eigenvalue weighted by Gasteiger charge is 2.19. The zero-order chi connectivity index (χ0) is 10.7. The van der Waals surface area contributed by atoms with Crippen LogP contribution in [0, 0.1) is 5.92 Å². The molecule has 1 aromatic rings. The lowest BCUT2D eigenvalue weighted by molar-refractivity contribution is 0.143. The molecule has 0 spiro atoms. The highest BCUT2D eigenvalue weighted by molar-refractivity contribution is 5.05. The Kier molecular flexibility index (Phi) is 3.41. The van der Waals surface area contributed by atoms with E-state index in [2.05, 4.69) is 5.10 Å². The molecule has 0 saturated heterocycles. The zero-order valence-corrected chi connectivity index (χ0v) is 9.39. The van der Waals surface area contributed by atoms with E-state index in [4.69, 9.17) is 0 Å². The van der Waals surface area contributed by atoms with E-state index < -0.39 is 0 Å². The van der Waals surface area contributed by atoms with Crippen LogP contribution in [0.2, 0.25) is 0 Å². The maximum absolute atomic E-state index is 9.94. The summed E-state index contributed by atoms with van der Waals surface area (Å²) in [5, 5.41) is 14.0. The number of hydrogen-bond acceptors (Lipinski definition) is 2. The molecule has 0 bridgehead atoms. The molecule has 1 aromatic heterocycles. The molecule has 3 heteroatoms. The van der Waals surface area contributed by atoms with Crippen LogP contribution in [0.15, 0.2) is 12.4 Å². The van der Waals surface area contributed by atoms with Gasteiger partial charge in [-0.2, -0.15) is 5.10 Å². The van der Waals surface area contributed by atoms with Gasteiger partial charge in [0, 0.05) is 19.7 Å². The predicted molar refractivity (Wildman–Crippen MR) is 59.5 cm³/mol. The SMILES string of the molecule is Cn1cc(CC(O)CC2CCCC2)cn1. The van der Waals surface area contributed by atoms with Crippen molar-refractivity contribution in [2.75, 3.05) is 0 Å². The highest BCUT2D eigenvalue weighted by Crippen LogP contribution is 2.29. The smallest absolute Gasteiger partial charge is 0.0584 e. The summed E-state index contributed by atoms with van der Waals surface area (Å²) in [7, 11) is 1.91. The number of nitrogens with zero attached hydrogens (tertiary/aromatic N) is 2. The van der Waals surface area contributed by atoms with Crippen molar-refractivity contribution in [3.8, 4) is 0 Å². The van der Waals surface area contributed by atoms with Gasteiger partial charge in [-0.25, -0.2) is 0 Å². The summed E-state index contributed by atoms with van der Waals surface area (Å²) in [6.07, 6.45) is 10.7. The van der Waals surface area contributed by atoms with Crippen LogP contribution in [-0.2, 0) is 13.5 Å². The summed E-state index contributed by atoms with van der Waals surface area (Å²) in [5.41, 5.74) is 1.14. The van der Waals surface area contributed by atoms with Crippen molar-refractivity contribution in [2.45, 2.75) is 44.6 Å². The molecule has 1 heterocycles. The molecule has 1 unspecified atom stereocenters. The molecule has 15 heavy (non-hydrogen) atoms. The fourth-order valence-corrected chi connectivity index (χ4v) is 2.56. The second-order valence-electron chi connectivity index (χ2n) is 4.77. The molecule has 0 aromatic carbocycles. The van der Waals surface area contributed by atoms with E-state index in [1.54, 1.807) is 4.68 Å². The van der Waals surface area contributed by atoms with Gasteiger partial charge in [0.2, 0.25) is 0 Å². The number of hydrogen-bond donors (Lipinski definition) is 1. The van der Waals surface area contributed by atoms with Crippen LogP contribution in [0.1, 0.15) is 37.7 Å². The summed E-state index contributed by atoms with van der Waals surface area (Å²) in [5.74, 6) is 0.761. The lowest BCUT2D eigenvalue weighted by Crippen LogP contribution is -2.14. The summed E-state index contributed by atoms with van der Waals surface area (Å²) >= 11 is 0. The van der Waals surface area contributed by atoms with Crippen LogP contribution in [0.5, 0.6) is 0 Å². The fraction of sp³-hybridized carbons (Fsp3) is 0.750. The molecule has 2 rings (SSSR count). The van der Waals surface area contributed by atoms with Gasteiger partial charge in [-0.3, -0.25) is 4.68 Å². The van der Waals surface area contributed by atoms with Gasteiger partial charge in [-0.05, 0) is 17.9 Å². The van der Waals surface area contributed by atoms with Gasteiger partial charge in [0.1, 0.15) is 0 Å². The van der Waals surface area contributed by atoms with Crippen molar-refractivity contribution in [1.82, 2.24) is 9.78 Å². The molecule has 0 amide bonds. The Balaban J connectivity index is 1.78. The molecule has 3 nitrogen and oxygen atoms in total. The molecule has 1 atom stereocenters. The summed E-state index contributed by atoms with van der Waals surface area (Å²) in [6.45, 7) is 0. The molecule has 84 valence electrons. The van der Waals surface area contributed by atoms with Gasteiger partial charge in [0.05, 0.1) is 12.3 Å². The topological polar surface area (TPSA) is 38.0 Å². The van der Waals surface area contributed by atoms with Crippen molar-refractivity contribution in [3.63, 3.8) is 0 Å². The summed E-state index contributed by atoms with van der Waals surface area (Å²) < 4.78 is 1.79. The molecule has 1 aliphatic carbocycles. The van der Waals surface area contributed by atoms with Gasteiger partial charge in [-0.15, -0.1) is 0 Å². The summed E-state index contributed by atoms with van der Waals surface area (Å²) in [4.78, 5) is 0. The van der Waals surface area contributed by atoms with Crippen LogP contribution >= 0.6 is 0 Å². The fourth-order valence-electron chi connectivity index (χ4n) is 2.56. The van der Waals surface area contributed by atoms with Crippen molar-refractivity contribution in [1.29, 1.82) is 0 Å². The van der Waals surface area contributed by atoms with Crippen LogP contribution in [0.3, 0.4) is 0 Å². The van der Waals surface area contributed by atoms with Gasteiger partial charge in [0.25, 0.3) is 0 Å². The number of aliphatic hydroxyl groups excluding tert-OH is 1. The van der Waals surface area contributed by atoms with E-state index in [9.17, 15) is 5.11 Å². The first kappa shape index (κ1) is 10.7. The Labute approximate surface area is 91.1 Å². The molecular formula is C12H20N2O. The Morgan fingerprint density at radius 3 is 2.87 bits per heavy atom. The van der Waals surface area contributed by atoms with E-state index in [0.717, 1.165) is 24.3 Å². The van der Waals surface area contributed by atoms with Crippen molar-refractivity contribution in [3.05, 3.63) is 18.0 Å². The predicted octanol–water partition coefficient (Wildman–Crippen LogP) is 1.90. The lowest BCUT2D eigenvalue weighted by atomic mass is 9.97. The molecule has 1 aliphatic rings. The Bertz CT molecular complexity index is 302. The van der Waals surface area contributed by atoms with Crippen molar-refractivity contribution >= 4 is 0 Å². The zero-order valence-electron chi connectivity index (χ0n) is 9.39. The van der Waals surface area contributed by atoms with E-state index >= 15 is 0 Å². The monoisotopic (exact) mass is 208 g/mol. The highest BCUT2D eigenvalue weighted by atomic mass is 16.3. The van der Waals surface area contributed by atoms with Crippen LogP contribution in [0.25, 0.3) is 0 Å². The number of aryl methyl sites for hydroxylation is 1. The van der Waals surface area contributed by atoms with E-state index in [1.807, 2.05) is 19.4 Å². The third-order valence-corrected chi connectivity index (χ3v) is 3.31. The Morgan fingerprint density at radius 2 is 2.27 bits per heavy atom. The molecule has 1 N–H and O–H groups in total. The molecule has 1 fully saturated rings. The second kappa shape index (κ2) is 4.79. The maximum Gasteiger partial charge on any atom is 0.0584 e. The van der Waals surface area contributed by atoms with Crippen molar-refractivity contribution in [2.24, 2.45) is 13.0 Å². The van der Waals surface area contributed by atoms with E-state index in [1.165, 1.54) is 25.7 Å². The lowest BCUT2D eigenvalue weighted by Gasteiger charge is -2.14. The first-order chi connectivity index (χ1) is 7.24. The third-order valence-electron chi connectivity index (χ3n) is 3.31. The van der Waals surface area contributed by atoms with Gasteiger partial charge < -0.3 is 5.11 Å². The Morgan fingerprint density at radius 1 is 1.53 bits per heavy atom. The minimum Gasteiger partial charge on any atom is -0.393 e. The minimum absolute atomic E-state index is 0.183. The first-order valence-electron chi connectivity index (χ1n) is 5.89. The maximum atomic E-state index is 9.94. The van der Waals surface area contributed by atoms with E-state index in [-0.39, 0.29) is 6.10 Å². The minimum atomic E-state index is -0.183. The average molecular weight is 208 g/mol. The van der Waals surface area contributed by atoms with Crippen LogP contribution in [0.4, 0.5) is 0 Å². The Hall–Kier alpha value is -0.830. The molecule has 0 radical (unpaired) electrons. The first-order valence-corrected chi connectivity index (χ1v) is 5.89.